The van der Waals surface area contributed by atoms with Crippen molar-refractivity contribution in [3.63, 3.8) is 0 Å². The average molecular weight is 438 g/mol. The van der Waals surface area contributed by atoms with Gasteiger partial charge in [-0.05, 0) is 24.8 Å². The molecule has 2 aliphatic rings. The molecule has 1 amide bonds. The topological polar surface area (TPSA) is 79.7 Å². The highest BCUT2D eigenvalue weighted by molar-refractivity contribution is 8.01. The van der Waals surface area contributed by atoms with Crippen LogP contribution in [0.3, 0.4) is 0 Å². The summed E-state index contributed by atoms with van der Waals surface area (Å²) in [5, 5.41) is 7.12. The van der Waals surface area contributed by atoms with Gasteiger partial charge in [-0.2, -0.15) is 24.9 Å². The van der Waals surface area contributed by atoms with Gasteiger partial charge in [-0.15, -0.1) is 11.8 Å². The van der Waals surface area contributed by atoms with E-state index in [-0.39, 0.29) is 16.8 Å². The third-order valence-corrected chi connectivity index (χ3v) is 6.30. The van der Waals surface area contributed by atoms with E-state index in [1.54, 1.807) is 18.0 Å². The number of halogens is 3. The number of aliphatic carboxylic acids is 1. The Hall–Kier alpha value is -1.46. The third kappa shape index (κ3) is 6.56. The molecular weight excluding hydrogens is 417 g/mol. The summed E-state index contributed by atoms with van der Waals surface area (Å²) in [5.41, 5.74) is 0.980. The Morgan fingerprint density at radius 2 is 2.11 bits per heavy atom. The van der Waals surface area contributed by atoms with Gasteiger partial charge in [0.2, 0.25) is 5.91 Å². The molecule has 1 spiro atoms. The van der Waals surface area contributed by atoms with Crippen LogP contribution in [0.1, 0.15) is 12.1 Å². The number of aromatic nitrogens is 1. The first-order chi connectivity index (χ1) is 13.1. The monoisotopic (exact) mass is 438 g/mol. The van der Waals surface area contributed by atoms with E-state index in [1.807, 2.05) is 41.1 Å². The summed E-state index contributed by atoms with van der Waals surface area (Å²) in [6.07, 6.45) is 0.0205. The molecule has 1 unspecified atom stereocenters. The minimum Gasteiger partial charge on any atom is -0.475 e. The highest BCUT2D eigenvalue weighted by Crippen LogP contribution is 2.46. The van der Waals surface area contributed by atoms with Crippen LogP contribution >= 0.6 is 23.5 Å². The van der Waals surface area contributed by atoms with E-state index in [2.05, 4.69) is 4.98 Å². The van der Waals surface area contributed by atoms with Gasteiger partial charge in [0, 0.05) is 25.0 Å². The van der Waals surface area contributed by atoms with E-state index >= 15 is 0 Å². The number of carbonyl (C=O) groups is 2. The fraction of sp³-hybridized carbons (Fsp3) is 0.588. The Bertz CT molecular complexity index is 670. The van der Waals surface area contributed by atoms with Crippen LogP contribution in [-0.4, -0.2) is 74.7 Å². The van der Waals surface area contributed by atoms with Crippen LogP contribution in [0.4, 0.5) is 13.2 Å². The molecule has 0 bridgehead atoms. The van der Waals surface area contributed by atoms with Gasteiger partial charge in [0.25, 0.3) is 0 Å². The molecule has 0 aromatic carbocycles. The molecule has 3 rings (SSSR count). The van der Waals surface area contributed by atoms with E-state index in [1.165, 1.54) is 0 Å². The van der Waals surface area contributed by atoms with Crippen LogP contribution in [0.15, 0.2) is 24.4 Å². The molecule has 1 atom stereocenters. The van der Waals surface area contributed by atoms with Crippen LogP contribution in [0.2, 0.25) is 0 Å². The number of ether oxygens (including phenoxy) is 1. The molecule has 1 aromatic rings. The largest absolute Gasteiger partial charge is 0.490 e. The SMILES string of the molecule is CSCC(=O)N1CC2(CC(OCc3ccccn3)CS2)C1.O=C(O)C(F)(F)F. The number of nitrogens with zero attached hydrogens (tertiary/aromatic N) is 2. The zero-order chi connectivity index (χ0) is 20.8. The van der Waals surface area contributed by atoms with Crippen LogP contribution in [-0.2, 0) is 20.9 Å². The number of rotatable bonds is 5. The van der Waals surface area contributed by atoms with Gasteiger partial charge in [-0.1, -0.05) is 6.07 Å². The molecule has 0 aliphatic carbocycles. The zero-order valence-corrected chi connectivity index (χ0v) is 16.8. The second kappa shape index (κ2) is 9.84. The molecule has 0 radical (unpaired) electrons. The predicted molar refractivity (Wildman–Crippen MR) is 101 cm³/mol. The first-order valence-electron chi connectivity index (χ1n) is 8.37. The predicted octanol–water partition coefficient (Wildman–Crippen LogP) is 2.68. The molecule has 2 fully saturated rings. The average Bonchev–Trinajstić information content (AvgIpc) is 3.04. The lowest BCUT2D eigenvalue weighted by molar-refractivity contribution is -0.192. The Labute approximate surface area is 169 Å². The van der Waals surface area contributed by atoms with Gasteiger partial charge in [0.1, 0.15) is 0 Å². The zero-order valence-electron chi connectivity index (χ0n) is 15.1. The molecule has 2 saturated heterocycles. The Kier molecular flexibility index (Phi) is 8.02. The first kappa shape index (κ1) is 22.8. The van der Waals surface area contributed by atoms with Crippen molar-refractivity contribution in [2.45, 2.75) is 30.1 Å². The summed E-state index contributed by atoms with van der Waals surface area (Å²) in [6.45, 7) is 2.36. The Morgan fingerprint density at radius 3 is 2.64 bits per heavy atom. The van der Waals surface area contributed by atoms with Crippen molar-refractivity contribution in [3.05, 3.63) is 30.1 Å². The summed E-state index contributed by atoms with van der Waals surface area (Å²) in [4.78, 5) is 27.0. The fourth-order valence-electron chi connectivity index (χ4n) is 2.86. The van der Waals surface area contributed by atoms with Gasteiger partial charge in [0.05, 0.1) is 28.9 Å². The molecule has 1 N–H and O–H groups in total. The van der Waals surface area contributed by atoms with Gasteiger partial charge in [0.15, 0.2) is 0 Å². The standard InChI is InChI=1S/C15H20N2O2S2.C2HF3O2/c1-20-9-14(18)17-10-15(11-17)6-13(8-21-15)19-7-12-4-2-3-5-16-12;3-2(4,5)1(6)7/h2-5,13H,6-11H2,1H3;(H,6,7). The minimum absolute atomic E-state index is 0.253. The Balaban J connectivity index is 0.000000345. The van der Waals surface area contributed by atoms with Crippen LogP contribution in [0.5, 0.6) is 0 Å². The van der Waals surface area contributed by atoms with Crippen molar-refractivity contribution >= 4 is 35.4 Å². The molecule has 6 nitrogen and oxygen atoms in total. The molecule has 1 aromatic heterocycles. The summed E-state index contributed by atoms with van der Waals surface area (Å²) in [6, 6.07) is 5.89. The number of carboxylic acid groups (broad SMARTS) is 1. The number of thioether (sulfide) groups is 2. The van der Waals surface area contributed by atoms with E-state index in [4.69, 9.17) is 14.6 Å². The molecule has 0 saturated carbocycles. The number of likely N-dealkylation sites (tertiary alicyclic amines) is 1. The van der Waals surface area contributed by atoms with Crippen molar-refractivity contribution in [3.8, 4) is 0 Å². The molecule has 156 valence electrons. The maximum absolute atomic E-state index is 11.8. The maximum atomic E-state index is 11.8. The van der Waals surface area contributed by atoms with E-state index in [0.717, 1.165) is 31.0 Å². The van der Waals surface area contributed by atoms with Crippen molar-refractivity contribution in [2.75, 3.05) is 30.9 Å². The van der Waals surface area contributed by atoms with Crippen molar-refractivity contribution in [1.82, 2.24) is 9.88 Å². The van der Waals surface area contributed by atoms with Gasteiger partial charge in [-0.25, -0.2) is 4.79 Å². The van der Waals surface area contributed by atoms with E-state index < -0.39 is 12.1 Å². The smallest absolute Gasteiger partial charge is 0.475 e. The molecule has 28 heavy (non-hydrogen) atoms. The summed E-state index contributed by atoms with van der Waals surface area (Å²) in [5.74, 6) is -0.864. The highest BCUT2D eigenvalue weighted by Gasteiger charge is 2.50. The summed E-state index contributed by atoms with van der Waals surface area (Å²) in [7, 11) is 0. The van der Waals surface area contributed by atoms with Crippen LogP contribution < -0.4 is 0 Å². The second-order valence-corrected chi connectivity index (χ2v) is 8.79. The molecule has 2 aliphatic heterocycles. The highest BCUT2D eigenvalue weighted by atomic mass is 32.2. The van der Waals surface area contributed by atoms with Crippen LogP contribution in [0.25, 0.3) is 0 Å². The van der Waals surface area contributed by atoms with E-state index in [9.17, 15) is 18.0 Å². The summed E-state index contributed by atoms with van der Waals surface area (Å²) < 4.78 is 38.0. The Morgan fingerprint density at radius 1 is 1.43 bits per heavy atom. The van der Waals surface area contributed by atoms with Gasteiger partial charge in [-0.3, -0.25) is 9.78 Å². The normalized spacial score (nSPS) is 20.3. The number of carbonyl (C=O) groups excluding carboxylic acids is 1. The second-order valence-electron chi connectivity index (χ2n) is 6.44. The molecule has 3 heterocycles. The first-order valence-corrected chi connectivity index (χ1v) is 10.8. The van der Waals surface area contributed by atoms with Crippen molar-refractivity contribution in [2.24, 2.45) is 0 Å². The minimum atomic E-state index is -5.08. The van der Waals surface area contributed by atoms with Crippen LogP contribution in [0, 0.1) is 0 Å². The summed E-state index contributed by atoms with van der Waals surface area (Å²) >= 11 is 3.56. The number of alkyl halides is 3. The number of hydrogen-bond donors (Lipinski definition) is 1. The lowest BCUT2D eigenvalue weighted by atomic mass is 9.93. The lowest BCUT2D eigenvalue weighted by Gasteiger charge is -2.47. The number of hydrogen-bond acceptors (Lipinski definition) is 6. The van der Waals surface area contributed by atoms with Crippen molar-refractivity contribution < 1.29 is 32.6 Å². The molecular formula is C17H21F3N2O4S2. The number of carboxylic acids is 1. The van der Waals surface area contributed by atoms with Crippen molar-refractivity contribution in [1.29, 1.82) is 0 Å². The van der Waals surface area contributed by atoms with E-state index in [0.29, 0.717) is 12.4 Å². The lowest BCUT2D eigenvalue weighted by Crippen LogP contribution is -2.61. The fourth-order valence-corrected chi connectivity index (χ4v) is 4.84. The van der Waals surface area contributed by atoms with Gasteiger partial charge >= 0.3 is 12.1 Å². The third-order valence-electron chi connectivity index (χ3n) is 4.19. The maximum Gasteiger partial charge on any atom is 0.490 e. The van der Waals surface area contributed by atoms with Gasteiger partial charge < -0.3 is 14.7 Å². The number of pyridine rings is 1. The number of amides is 1. The quantitative estimate of drug-likeness (QED) is 0.757. The molecule has 11 heteroatoms.